The molecule has 2 N–H and O–H groups in total. The lowest BCUT2D eigenvalue weighted by Crippen LogP contribution is -2.21. The lowest BCUT2D eigenvalue weighted by molar-refractivity contribution is 0.0988. The van der Waals surface area contributed by atoms with E-state index in [1.165, 1.54) is 0 Å². The summed E-state index contributed by atoms with van der Waals surface area (Å²) in [5.74, 6) is 1.61. The number of rotatable bonds is 7. The van der Waals surface area contributed by atoms with Crippen LogP contribution in [0.1, 0.15) is 49.0 Å². The highest BCUT2D eigenvalue weighted by Gasteiger charge is 2.22. The van der Waals surface area contributed by atoms with Gasteiger partial charge in [0, 0.05) is 36.7 Å². The number of urea groups is 1. The van der Waals surface area contributed by atoms with Crippen molar-refractivity contribution >= 4 is 23.3 Å². The standard InChI is InChI=1S/C26H31N5O4/c1-26(2,3)23-14-24(30-35-23)29-25(33)28-18-7-5-17(6-8-18)13-22(32)21-10-9-19(15-27-21)34-20-11-12-31(4)16-20/h5-10,14-15,20H,11-13,16H2,1-4H3,(H2,28,29,30,33). The number of hydrogen-bond donors (Lipinski definition) is 2. The van der Waals surface area contributed by atoms with Crippen LogP contribution in [0.2, 0.25) is 0 Å². The van der Waals surface area contributed by atoms with E-state index in [0.29, 0.717) is 28.7 Å². The van der Waals surface area contributed by atoms with Gasteiger partial charge in [-0.05, 0) is 43.3 Å². The second kappa shape index (κ2) is 10.3. The Bertz CT molecular complexity index is 1170. The molecule has 9 nitrogen and oxygen atoms in total. The normalized spacial score (nSPS) is 16.2. The van der Waals surface area contributed by atoms with Crippen molar-refractivity contribution in [2.45, 2.75) is 45.1 Å². The molecule has 1 unspecified atom stereocenters. The smallest absolute Gasteiger partial charge is 0.324 e. The van der Waals surface area contributed by atoms with Gasteiger partial charge in [0.25, 0.3) is 0 Å². The van der Waals surface area contributed by atoms with Gasteiger partial charge in [0.15, 0.2) is 11.6 Å². The fraction of sp³-hybridized carbons (Fsp3) is 0.385. The first-order chi connectivity index (χ1) is 16.7. The van der Waals surface area contributed by atoms with Crippen LogP contribution in [0.5, 0.6) is 5.75 Å². The molecule has 0 bridgehead atoms. The summed E-state index contributed by atoms with van der Waals surface area (Å²) in [5, 5.41) is 9.27. The molecule has 0 saturated carbocycles. The number of nitrogens with zero attached hydrogens (tertiary/aromatic N) is 3. The van der Waals surface area contributed by atoms with Gasteiger partial charge in [-0.15, -0.1) is 0 Å². The van der Waals surface area contributed by atoms with Gasteiger partial charge in [0.05, 0.1) is 6.20 Å². The number of amides is 2. The highest BCUT2D eigenvalue weighted by molar-refractivity contribution is 5.99. The van der Waals surface area contributed by atoms with Gasteiger partial charge in [-0.3, -0.25) is 10.1 Å². The summed E-state index contributed by atoms with van der Waals surface area (Å²) in [6.45, 7) is 7.91. The predicted molar refractivity (Wildman–Crippen MR) is 133 cm³/mol. The Labute approximate surface area is 204 Å². The van der Waals surface area contributed by atoms with Crippen molar-refractivity contribution in [3.05, 3.63) is 65.7 Å². The quantitative estimate of drug-likeness (QED) is 0.482. The maximum Gasteiger partial charge on any atom is 0.324 e. The Morgan fingerprint density at radius 1 is 1.14 bits per heavy atom. The van der Waals surface area contributed by atoms with E-state index >= 15 is 0 Å². The van der Waals surface area contributed by atoms with E-state index in [1.54, 1.807) is 48.7 Å². The number of Topliss-reactive ketones (excluding diaryl/α,β-unsaturated/α-hetero) is 1. The topological polar surface area (TPSA) is 110 Å². The third kappa shape index (κ3) is 6.66. The molecule has 4 rings (SSSR count). The first-order valence-electron chi connectivity index (χ1n) is 11.6. The first kappa shape index (κ1) is 24.4. The number of ether oxygens (including phenoxy) is 1. The molecule has 3 heterocycles. The van der Waals surface area contributed by atoms with Crippen LogP contribution in [0.25, 0.3) is 0 Å². The van der Waals surface area contributed by atoms with Gasteiger partial charge in [-0.1, -0.05) is 38.1 Å². The molecule has 1 aliphatic rings. The van der Waals surface area contributed by atoms with Crippen LogP contribution in [0.3, 0.4) is 0 Å². The lowest BCUT2D eigenvalue weighted by Gasteiger charge is -2.13. The van der Waals surface area contributed by atoms with Gasteiger partial charge in [-0.2, -0.15) is 0 Å². The molecule has 1 aromatic carbocycles. The Morgan fingerprint density at radius 3 is 2.51 bits per heavy atom. The summed E-state index contributed by atoms with van der Waals surface area (Å²) in [6, 6.07) is 11.9. The molecule has 2 amide bonds. The number of carbonyl (C=O) groups excluding carboxylic acids is 2. The minimum absolute atomic E-state index is 0.0868. The highest BCUT2D eigenvalue weighted by atomic mass is 16.5. The number of likely N-dealkylation sites (N-methyl/N-ethyl adjacent to an activating group) is 1. The van der Waals surface area contributed by atoms with E-state index in [9.17, 15) is 9.59 Å². The number of likely N-dealkylation sites (tertiary alicyclic amines) is 1. The lowest BCUT2D eigenvalue weighted by atomic mass is 9.93. The highest BCUT2D eigenvalue weighted by Crippen LogP contribution is 2.24. The average Bonchev–Trinajstić information content (AvgIpc) is 3.44. The summed E-state index contributed by atoms with van der Waals surface area (Å²) >= 11 is 0. The Hall–Kier alpha value is -3.72. The van der Waals surface area contributed by atoms with E-state index in [2.05, 4.69) is 32.7 Å². The Balaban J connectivity index is 1.27. The van der Waals surface area contributed by atoms with Crippen molar-refractivity contribution in [3.63, 3.8) is 0 Å². The number of hydrogen-bond acceptors (Lipinski definition) is 7. The molecule has 184 valence electrons. The molecular formula is C26H31N5O4. The molecule has 0 aliphatic carbocycles. The maximum absolute atomic E-state index is 12.6. The minimum Gasteiger partial charge on any atom is -0.487 e. The summed E-state index contributed by atoms with van der Waals surface area (Å²) in [6.07, 6.45) is 2.97. The minimum atomic E-state index is -0.432. The van der Waals surface area contributed by atoms with E-state index < -0.39 is 6.03 Å². The third-order valence-corrected chi connectivity index (χ3v) is 5.74. The van der Waals surface area contributed by atoms with E-state index in [0.717, 1.165) is 25.1 Å². The summed E-state index contributed by atoms with van der Waals surface area (Å²) in [7, 11) is 2.07. The fourth-order valence-corrected chi connectivity index (χ4v) is 3.75. The molecule has 3 aromatic rings. The van der Waals surface area contributed by atoms with Crippen LogP contribution in [0.15, 0.2) is 53.2 Å². The number of aromatic nitrogens is 2. The SMILES string of the molecule is CN1CCC(Oc2ccc(C(=O)Cc3ccc(NC(=O)Nc4cc(C(C)(C)C)on4)cc3)nc2)C1. The second-order valence-electron chi connectivity index (χ2n) is 9.87. The number of nitrogens with one attached hydrogen (secondary N) is 2. The largest absolute Gasteiger partial charge is 0.487 e. The van der Waals surface area contributed by atoms with Crippen LogP contribution in [-0.2, 0) is 11.8 Å². The van der Waals surface area contributed by atoms with Crippen molar-refractivity contribution in [1.82, 2.24) is 15.0 Å². The van der Waals surface area contributed by atoms with Gasteiger partial charge in [0.1, 0.15) is 23.3 Å². The number of carbonyl (C=O) groups is 2. The van der Waals surface area contributed by atoms with Crippen LogP contribution in [0.4, 0.5) is 16.3 Å². The van der Waals surface area contributed by atoms with Crippen LogP contribution in [0, 0.1) is 0 Å². The van der Waals surface area contributed by atoms with Gasteiger partial charge < -0.3 is 19.5 Å². The molecule has 35 heavy (non-hydrogen) atoms. The van der Waals surface area contributed by atoms with Crippen LogP contribution >= 0.6 is 0 Å². The summed E-state index contributed by atoms with van der Waals surface area (Å²) < 4.78 is 11.2. The van der Waals surface area contributed by atoms with Crippen molar-refractivity contribution in [2.24, 2.45) is 0 Å². The van der Waals surface area contributed by atoms with Gasteiger partial charge >= 0.3 is 6.03 Å². The number of benzene rings is 1. The molecular weight excluding hydrogens is 446 g/mol. The molecule has 9 heteroatoms. The fourth-order valence-electron chi connectivity index (χ4n) is 3.75. The average molecular weight is 478 g/mol. The number of pyridine rings is 1. The number of ketones is 1. The van der Waals surface area contributed by atoms with E-state index in [1.807, 2.05) is 20.8 Å². The predicted octanol–water partition coefficient (Wildman–Crippen LogP) is 4.52. The van der Waals surface area contributed by atoms with E-state index in [4.69, 9.17) is 9.26 Å². The number of anilines is 2. The van der Waals surface area contributed by atoms with Crippen molar-refractivity contribution < 1.29 is 18.8 Å². The zero-order valence-electron chi connectivity index (χ0n) is 20.5. The van der Waals surface area contributed by atoms with Crippen molar-refractivity contribution in [1.29, 1.82) is 0 Å². The molecule has 1 fully saturated rings. The first-order valence-corrected chi connectivity index (χ1v) is 11.6. The summed E-state index contributed by atoms with van der Waals surface area (Å²) in [4.78, 5) is 31.4. The Morgan fingerprint density at radius 2 is 1.91 bits per heavy atom. The maximum atomic E-state index is 12.6. The second-order valence-corrected chi connectivity index (χ2v) is 9.87. The monoisotopic (exact) mass is 477 g/mol. The molecule has 1 saturated heterocycles. The molecule has 0 spiro atoms. The van der Waals surface area contributed by atoms with Crippen LogP contribution < -0.4 is 15.4 Å². The van der Waals surface area contributed by atoms with Gasteiger partial charge in [0.2, 0.25) is 0 Å². The van der Waals surface area contributed by atoms with Crippen molar-refractivity contribution in [2.75, 3.05) is 30.8 Å². The zero-order chi connectivity index (χ0) is 25.0. The Kier molecular flexibility index (Phi) is 7.16. The molecule has 1 aliphatic heterocycles. The molecule has 2 aromatic heterocycles. The summed E-state index contributed by atoms with van der Waals surface area (Å²) in [5.41, 5.74) is 1.61. The molecule has 1 atom stereocenters. The third-order valence-electron chi connectivity index (χ3n) is 5.74. The van der Waals surface area contributed by atoms with Crippen LogP contribution in [-0.4, -0.2) is 53.1 Å². The van der Waals surface area contributed by atoms with Gasteiger partial charge in [-0.25, -0.2) is 9.78 Å². The van der Waals surface area contributed by atoms with E-state index in [-0.39, 0.29) is 23.7 Å². The zero-order valence-corrected chi connectivity index (χ0v) is 20.5. The molecule has 0 radical (unpaired) electrons. The van der Waals surface area contributed by atoms with Crippen molar-refractivity contribution in [3.8, 4) is 5.75 Å².